The van der Waals surface area contributed by atoms with E-state index in [9.17, 15) is 0 Å². The number of H-pyrrole nitrogens is 1. The van der Waals surface area contributed by atoms with Crippen LogP contribution in [-0.2, 0) is 56.8 Å². The molecule has 1 aliphatic heterocycles. The largest absolute Gasteiger partial charge is 0.346 e. The van der Waals surface area contributed by atoms with Gasteiger partial charge in [-0.2, -0.15) is 0 Å². The minimum atomic E-state index is 0. The predicted octanol–water partition coefficient (Wildman–Crippen LogP) is 25.7. The van der Waals surface area contributed by atoms with Crippen LogP contribution in [0.1, 0.15) is 234 Å². The summed E-state index contributed by atoms with van der Waals surface area (Å²) >= 11 is 1.47. The third-order valence-corrected chi connectivity index (χ3v) is 11.8. The molecule has 7 nitrogen and oxygen atoms in total. The van der Waals surface area contributed by atoms with Crippen molar-refractivity contribution >= 4 is 47.6 Å². The SMILES string of the molecule is CC.CC.CC.CC.CC.CC.CC.CC(C)(C)C1CCOCC1.CC(C)C.CC(C)C.CC(C)C.CC(C)C.[CH-]=C[C](=[W])C(C)(C)C.[Y].c1ccc2ncccc2c1.c1ccc2ncccc2c1.c1ccc2ncccc2c1.c1ncc2cc[nH]c2n1. The molecule has 0 unspecified atom stereocenters. The molecule has 5 aromatic heterocycles. The molecule has 1 fully saturated rings. The molecule has 9 heteroatoms. The Labute approximate surface area is 582 Å². The molecule has 1 N–H and O–H groups in total. The third-order valence-electron chi connectivity index (χ3n) is 9.10. The van der Waals surface area contributed by atoms with Crippen LogP contribution in [0.3, 0.4) is 0 Å². The smallest absolute Gasteiger partial charge is 0.140 e. The van der Waals surface area contributed by atoms with Gasteiger partial charge in [0.15, 0.2) is 0 Å². The van der Waals surface area contributed by atoms with Crippen molar-refractivity contribution in [2.75, 3.05) is 13.2 Å². The van der Waals surface area contributed by atoms with Gasteiger partial charge in [0, 0.05) is 98.5 Å². The normalized spacial score (nSPS) is 10.2. The van der Waals surface area contributed by atoms with E-state index in [0.29, 0.717) is 5.41 Å². The van der Waals surface area contributed by atoms with E-state index in [2.05, 4.69) is 191 Å². The van der Waals surface area contributed by atoms with Crippen molar-refractivity contribution in [3.63, 3.8) is 0 Å². The third kappa shape index (κ3) is 67.8. The number of ether oxygens (including phenoxy) is 1. The fourth-order valence-corrected chi connectivity index (χ4v) is 5.66. The molecule has 9 rings (SSSR count). The summed E-state index contributed by atoms with van der Waals surface area (Å²) in [6, 6.07) is 38.2. The zero-order chi connectivity index (χ0) is 69.2. The van der Waals surface area contributed by atoms with Gasteiger partial charge >= 0.3 is 62.1 Å². The molecule has 3 aromatic carbocycles. The molecule has 8 aromatic rings. The first-order chi connectivity index (χ1) is 41.4. The molecule has 1 radical (unpaired) electrons. The van der Waals surface area contributed by atoms with Gasteiger partial charge in [-0.3, -0.25) is 15.0 Å². The first-order valence-electron chi connectivity index (χ1n) is 33.2. The maximum atomic E-state index is 5.32. The van der Waals surface area contributed by atoms with Crippen LogP contribution < -0.4 is 0 Å². The van der Waals surface area contributed by atoms with Crippen molar-refractivity contribution in [3.05, 3.63) is 165 Å². The van der Waals surface area contributed by atoms with E-state index in [1.807, 2.05) is 201 Å². The van der Waals surface area contributed by atoms with Crippen molar-refractivity contribution in [1.29, 1.82) is 0 Å². The number of aromatic amines is 1. The summed E-state index contributed by atoms with van der Waals surface area (Å²) in [6.45, 7) is 74.7. The van der Waals surface area contributed by atoms with Gasteiger partial charge < -0.3 is 9.72 Å². The fourth-order valence-electron chi connectivity index (χ4n) is 5.66. The first kappa shape index (κ1) is 103. The van der Waals surface area contributed by atoms with Gasteiger partial charge in [-0.15, -0.1) is 0 Å². The zero-order valence-electron chi connectivity index (χ0n) is 62.9. The average Bonchev–Trinajstić information content (AvgIpc) is 4.09. The summed E-state index contributed by atoms with van der Waals surface area (Å²) in [7, 11) is 0. The van der Waals surface area contributed by atoms with Crippen molar-refractivity contribution < 1.29 is 56.8 Å². The molecule has 0 saturated carbocycles. The van der Waals surface area contributed by atoms with Crippen LogP contribution in [0.15, 0.2) is 159 Å². The number of para-hydroxylation sites is 3. The van der Waals surface area contributed by atoms with Crippen LogP contribution in [0.5, 0.6) is 0 Å². The van der Waals surface area contributed by atoms with Gasteiger partial charge in [-0.1, -0.05) is 274 Å². The maximum absolute atomic E-state index is 5.32. The van der Waals surface area contributed by atoms with Gasteiger partial charge in [0.1, 0.15) is 12.0 Å². The van der Waals surface area contributed by atoms with Crippen LogP contribution in [0.4, 0.5) is 0 Å². The fraction of sp³-hybridized carbons (Fsp3) is 0.544. The first-order valence-corrected chi connectivity index (χ1v) is 34.6. The Morgan fingerprint density at radius 1 is 0.466 bits per heavy atom. The average molecular weight is 1460 g/mol. The topological polar surface area (TPSA) is 89.5 Å². The Morgan fingerprint density at radius 3 is 0.977 bits per heavy atom. The number of allylic oxidation sites excluding steroid dienone is 1. The second kappa shape index (κ2) is 73.6. The second-order valence-electron chi connectivity index (χ2n) is 22.4. The molecule has 1 aliphatic rings. The van der Waals surface area contributed by atoms with Crippen molar-refractivity contribution in [1.82, 2.24) is 29.9 Å². The van der Waals surface area contributed by atoms with Gasteiger partial charge in [-0.25, -0.2) is 9.97 Å². The van der Waals surface area contributed by atoms with Crippen LogP contribution in [0, 0.1) is 47.0 Å². The molecule has 1 saturated heterocycles. The molecule has 6 heterocycles. The molecule has 0 aliphatic carbocycles. The van der Waals surface area contributed by atoms with E-state index in [1.54, 1.807) is 12.3 Å². The van der Waals surface area contributed by atoms with E-state index in [0.717, 1.165) is 70.4 Å². The molecular formula is C79H137N6OWY-. The molecule has 499 valence electrons. The quantitative estimate of drug-likeness (QED) is 0.165. The monoisotopic (exact) mass is 1460 g/mol. The number of benzene rings is 3. The number of nitrogens with one attached hydrogen (secondary N) is 1. The minimum Gasteiger partial charge on any atom is -0.346 e. The van der Waals surface area contributed by atoms with Gasteiger partial charge in [0.2, 0.25) is 0 Å². The van der Waals surface area contributed by atoms with E-state index >= 15 is 0 Å². The van der Waals surface area contributed by atoms with Gasteiger partial charge in [0.05, 0.1) is 16.6 Å². The van der Waals surface area contributed by atoms with E-state index in [-0.39, 0.29) is 38.1 Å². The number of nitrogens with zero attached hydrogens (tertiary/aromatic N) is 5. The van der Waals surface area contributed by atoms with E-state index in [4.69, 9.17) is 11.3 Å². The summed E-state index contributed by atoms with van der Waals surface area (Å²) in [6.07, 6.45) is 14.8. The Balaban J connectivity index is -0.000000112. The van der Waals surface area contributed by atoms with Crippen LogP contribution >= 0.6 is 0 Å². The molecule has 0 atom stereocenters. The molecule has 0 bridgehead atoms. The van der Waals surface area contributed by atoms with Crippen molar-refractivity contribution in [2.45, 2.75) is 234 Å². The van der Waals surface area contributed by atoms with Crippen molar-refractivity contribution in [3.8, 4) is 0 Å². The summed E-state index contributed by atoms with van der Waals surface area (Å²) < 4.78 is 6.61. The van der Waals surface area contributed by atoms with E-state index in [1.165, 1.54) is 58.6 Å². The number of hydrogen-bond acceptors (Lipinski definition) is 6. The summed E-state index contributed by atoms with van der Waals surface area (Å²) in [5.41, 5.74) is 4.85. The predicted molar refractivity (Wildman–Crippen MR) is 397 cm³/mol. The minimum absolute atomic E-state index is 0. The second-order valence-corrected chi connectivity index (χ2v) is 23.9. The Bertz CT molecular complexity index is 2180. The number of hydrogen-bond donors (Lipinski definition) is 1. The Kier molecular flexibility index (Phi) is 85.9. The Hall–Kier alpha value is -4.13. The summed E-state index contributed by atoms with van der Waals surface area (Å²) in [4.78, 5) is 23.3. The zero-order valence-corrected chi connectivity index (χ0v) is 68.7. The van der Waals surface area contributed by atoms with Gasteiger partial charge in [0.25, 0.3) is 0 Å². The number of rotatable bonds is 1. The number of aromatic nitrogens is 6. The van der Waals surface area contributed by atoms with Crippen molar-refractivity contribution in [2.24, 2.45) is 40.4 Å². The molecule has 88 heavy (non-hydrogen) atoms. The Morgan fingerprint density at radius 2 is 0.750 bits per heavy atom. The van der Waals surface area contributed by atoms with Crippen LogP contribution in [0.25, 0.3) is 43.7 Å². The molecule has 0 amide bonds. The number of pyridine rings is 3. The molecular weight excluding hydrogens is 1320 g/mol. The van der Waals surface area contributed by atoms with Gasteiger partial charge in [-0.05, 0) is 90.3 Å². The molecule has 0 spiro atoms. The van der Waals surface area contributed by atoms with Crippen LogP contribution in [-0.4, -0.2) is 47.0 Å². The summed E-state index contributed by atoms with van der Waals surface area (Å²) in [5, 5.41) is 4.65. The van der Waals surface area contributed by atoms with Crippen LogP contribution in [0.2, 0.25) is 0 Å². The number of fused-ring (bicyclic) bond motifs is 4. The standard InChI is InChI=1S/3C9H7N.C9H18O.C7H11.C6H5N3.4C4H10.7C2H6.W.Y/c3*1-2-6-9-8(4-1)5-3-7-10-9;1-9(2,3)8-4-6-10-7-5-8;1-5-6-7(2,3)4;1-2-8-6-5(1)3-7-4-9-6;4*1-4(2)3;7*1-2;;/h3*1-7H;8H,4-7H2,1-3H3;1,5H,2-4H3;1-4H,(H,7,8,9);4*4H,1-3H3;7*1-2H3;;/q;;;;-1;;;;;;;;;;;;;;. The van der Waals surface area contributed by atoms with E-state index < -0.39 is 0 Å². The summed E-state index contributed by atoms with van der Waals surface area (Å²) in [5.74, 6) is 4.21. The maximum Gasteiger partial charge on any atom is 0.140 e.